The second-order valence-electron chi connectivity index (χ2n) is 2.47. The molecule has 0 aliphatic carbocycles. The summed E-state index contributed by atoms with van der Waals surface area (Å²) in [6.45, 7) is 5.69. The van der Waals surface area contributed by atoms with Crippen molar-refractivity contribution in [2.45, 2.75) is 32.6 Å². The van der Waals surface area contributed by atoms with E-state index in [1.165, 1.54) is 12.8 Å². The van der Waals surface area contributed by atoms with Gasteiger partial charge in [0.15, 0.2) is 0 Å². The fraction of sp³-hybridized carbons (Fsp3) is 0.750. The Labute approximate surface area is 73.0 Å². The summed E-state index contributed by atoms with van der Waals surface area (Å²) in [6.07, 6.45) is 3.86. The standard InChI is InChI=1S/C8H16N2O2/c1-3-4-5-6-7-12-8(11)10-9-2/h2-7H2,1H3,(H,10,11). The van der Waals surface area contributed by atoms with Gasteiger partial charge in [-0.05, 0) is 6.42 Å². The first-order valence-electron chi connectivity index (χ1n) is 4.19. The Morgan fingerprint density at radius 2 is 2.25 bits per heavy atom. The minimum absolute atomic E-state index is 0.460. The van der Waals surface area contributed by atoms with Gasteiger partial charge in [-0.25, -0.2) is 10.2 Å². The molecule has 0 aliphatic rings. The van der Waals surface area contributed by atoms with Crippen LogP contribution in [-0.2, 0) is 4.74 Å². The number of carbonyl (C=O) groups excluding carboxylic acids is 1. The van der Waals surface area contributed by atoms with Crippen molar-refractivity contribution in [2.75, 3.05) is 6.61 Å². The molecular formula is C8H16N2O2. The van der Waals surface area contributed by atoms with Crippen LogP contribution in [0.1, 0.15) is 32.6 Å². The molecule has 0 aromatic heterocycles. The Balaban J connectivity index is 3.08. The molecule has 0 aromatic carbocycles. The molecular weight excluding hydrogens is 156 g/mol. The summed E-state index contributed by atoms with van der Waals surface area (Å²) >= 11 is 0. The summed E-state index contributed by atoms with van der Waals surface area (Å²) in [5, 5.41) is 3.18. The highest BCUT2D eigenvalue weighted by molar-refractivity contribution is 5.67. The maximum atomic E-state index is 10.6. The van der Waals surface area contributed by atoms with Gasteiger partial charge in [-0.3, -0.25) is 0 Å². The molecule has 0 aromatic rings. The van der Waals surface area contributed by atoms with Crippen molar-refractivity contribution < 1.29 is 9.53 Å². The number of amides is 1. The monoisotopic (exact) mass is 172 g/mol. The van der Waals surface area contributed by atoms with E-state index < -0.39 is 6.09 Å². The van der Waals surface area contributed by atoms with Crippen molar-refractivity contribution in [1.82, 2.24) is 5.43 Å². The first kappa shape index (κ1) is 10.9. The van der Waals surface area contributed by atoms with Gasteiger partial charge < -0.3 is 4.74 Å². The van der Waals surface area contributed by atoms with Crippen LogP contribution >= 0.6 is 0 Å². The maximum absolute atomic E-state index is 10.6. The van der Waals surface area contributed by atoms with Crippen molar-refractivity contribution in [1.29, 1.82) is 0 Å². The van der Waals surface area contributed by atoms with Gasteiger partial charge in [0.05, 0.1) is 6.61 Å². The molecule has 0 atom stereocenters. The summed E-state index contributed by atoms with van der Waals surface area (Å²) in [5.74, 6) is 0. The lowest BCUT2D eigenvalue weighted by atomic mass is 10.2. The largest absolute Gasteiger partial charge is 0.448 e. The number of hydrogen-bond donors (Lipinski definition) is 1. The molecule has 0 heterocycles. The van der Waals surface area contributed by atoms with Crippen LogP contribution in [0.3, 0.4) is 0 Å². The van der Waals surface area contributed by atoms with Gasteiger partial charge in [0.2, 0.25) is 0 Å². The lowest BCUT2D eigenvalue weighted by Gasteiger charge is -2.02. The molecule has 0 saturated heterocycles. The van der Waals surface area contributed by atoms with Crippen LogP contribution in [0.2, 0.25) is 0 Å². The van der Waals surface area contributed by atoms with Crippen molar-refractivity contribution in [3.05, 3.63) is 0 Å². The van der Waals surface area contributed by atoms with Crippen LogP contribution in [0, 0.1) is 0 Å². The van der Waals surface area contributed by atoms with Gasteiger partial charge in [0.1, 0.15) is 0 Å². The van der Waals surface area contributed by atoms with Crippen molar-refractivity contribution >= 4 is 12.8 Å². The van der Waals surface area contributed by atoms with Crippen LogP contribution in [-0.4, -0.2) is 19.4 Å². The molecule has 0 bridgehead atoms. The molecule has 0 aliphatic heterocycles. The molecule has 0 saturated carbocycles. The Hall–Kier alpha value is -1.06. The number of ether oxygens (including phenoxy) is 1. The van der Waals surface area contributed by atoms with E-state index in [1.807, 2.05) is 0 Å². The fourth-order valence-electron chi connectivity index (χ4n) is 0.791. The van der Waals surface area contributed by atoms with Crippen molar-refractivity contribution in [3.63, 3.8) is 0 Å². The maximum Gasteiger partial charge on any atom is 0.427 e. The topological polar surface area (TPSA) is 50.7 Å². The molecule has 0 radical (unpaired) electrons. The van der Waals surface area contributed by atoms with Crippen molar-refractivity contribution in [3.8, 4) is 0 Å². The van der Waals surface area contributed by atoms with Gasteiger partial charge in [0.25, 0.3) is 0 Å². The first-order valence-corrected chi connectivity index (χ1v) is 4.19. The van der Waals surface area contributed by atoms with Gasteiger partial charge in [-0.15, -0.1) is 0 Å². The molecule has 1 amide bonds. The summed E-state index contributed by atoms with van der Waals surface area (Å²) < 4.78 is 4.75. The molecule has 12 heavy (non-hydrogen) atoms. The zero-order valence-corrected chi connectivity index (χ0v) is 7.51. The molecule has 0 fully saturated rings. The smallest absolute Gasteiger partial charge is 0.427 e. The van der Waals surface area contributed by atoms with Crippen LogP contribution in [0.5, 0.6) is 0 Å². The number of nitrogens with zero attached hydrogens (tertiary/aromatic N) is 1. The number of hydrazone groups is 1. The lowest BCUT2D eigenvalue weighted by molar-refractivity contribution is 0.144. The quantitative estimate of drug-likeness (QED) is 0.378. The van der Waals surface area contributed by atoms with E-state index in [0.29, 0.717) is 6.61 Å². The van der Waals surface area contributed by atoms with Gasteiger partial charge >= 0.3 is 6.09 Å². The van der Waals surface area contributed by atoms with Crippen molar-refractivity contribution in [2.24, 2.45) is 5.10 Å². The molecule has 0 unspecified atom stereocenters. The Morgan fingerprint density at radius 1 is 1.50 bits per heavy atom. The highest BCUT2D eigenvalue weighted by Crippen LogP contribution is 1.98. The molecule has 1 N–H and O–H groups in total. The molecule has 0 spiro atoms. The van der Waals surface area contributed by atoms with Crippen LogP contribution < -0.4 is 5.43 Å². The minimum atomic E-state index is -0.526. The van der Waals surface area contributed by atoms with E-state index in [0.717, 1.165) is 12.8 Å². The number of unbranched alkanes of at least 4 members (excludes halogenated alkanes) is 3. The third-order valence-corrected chi connectivity index (χ3v) is 1.40. The highest BCUT2D eigenvalue weighted by atomic mass is 16.5. The third-order valence-electron chi connectivity index (χ3n) is 1.40. The second-order valence-corrected chi connectivity index (χ2v) is 2.47. The average molecular weight is 172 g/mol. The van der Waals surface area contributed by atoms with E-state index in [2.05, 4.69) is 24.2 Å². The Kier molecular flexibility index (Phi) is 7.33. The predicted octanol–water partition coefficient (Wildman–Crippen LogP) is 1.91. The van der Waals surface area contributed by atoms with E-state index in [9.17, 15) is 4.79 Å². The Morgan fingerprint density at radius 3 is 2.83 bits per heavy atom. The first-order chi connectivity index (χ1) is 5.81. The van der Waals surface area contributed by atoms with Gasteiger partial charge in [-0.2, -0.15) is 5.10 Å². The fourth-order valence-corrected chi connectivity index (χ4v) is 0.791. The average Bonchev–Trinajstić information content (AvgIpc) is 2.05. The Bertz CT molecular complexity index is 137. The van der Waals surface area contributed by atoms with E-state index in [-0.39, 0.29) is 0 Å². The summed E-state index contributed by atoms with van der Waals surface area (Å²) in [6, 6.07) is 0. The SMILES string of the molecule is C=NNC(=O)OCCCCCC. The summed E-state index contributed by atoms with van der Waals surface area (Å²) in [4.78, 5) is 10.6. The van der Waals surface area contributed by atoms with E-state index >= 15 is 0 Å². The van der Waals surface area contributed by atoms with E-state index in [4.69, 9.17) is 4.74 Å². The second kappa shape index (κ2) is 8.04. The lowest BCUT2D eigenvalue weighted by Crippen LogP contribution is -2.18. The summed E-state index contributed by atoms with van der Waals surface area (Å²) in [5.41, 5.74) is 2.09. The predicted molar refractivity (Wildman–Crippen MR) is 48.2 cm³/mol. The highest BCUT2D eigenvalue weighted by Gasteiger charge is 1.97. The van der Waals surface area contributed by atoms with Crippen LogP contribution in [0.25, 0.3) is 0 Å². The zero-order chi connectivity index (χ0) is 9.23. The molecule has 70 valence electrons. The molecule has 4 heteroatoms. The zero-order valence-electron chi connectivity index (χ0n) is 7.51. The van der Waals surface area contributed by atoms with Gasteiger partial charge in [0, 0.05) is 6.72 Å². The third kappa shape index (κ3) is 7.05. The summed E-state index contributed by atoms with van der Waals surface area (Å²) in [7, 11) is 0. The van der Waals surface area contributed by atoms with Crippen LogP contribution in [0.4, 0.5) is 4.79 Å². The van der Waals surface area contributed by atoms with Crippen LogP contribution in [0.15, 0.2) is 5.10 Å². The minimum Gasteiger partial charge on any atom is -0.448 e. The number of hydrogen-bond acceptors (Lipinski definition) is 3. The number of carbonyl (C=O) groups is 1. The molecule has 4 nitrogen and oxygen atoms in total. The molecule has 0 rings (SSSR count). The van der Waals surface area contributed by atoms with Gasteiger partial charge in [-0.1, -0.05) is 26.2 Å². The normalized spacial score (nSPS) is 9.08. The van der Waals surface area contributed by atoms with E-state index in [1.54, 1.807) is 0 Å². The number of rotatable bonds is 6. The number of nitrogens with one attached hydrogen (secondary N) is 1.